The number of aromatic nitrogens is 5. The number of β-amino-alcohol motifs (C(OH)–C–C–N with tert-alkyl or cyclic N) is 1. The smallest absolute Gasteiger partial charge is 0.263 e. The topological polar surface area (TPSA) is 225 Å². The Morgan fingerprint density at radius 2 is 1.71 bits per heavy atom. The average Bonchev–Trinajstić information content (AvgIpc) is 4.25. The van der Waals surface area contributed by atoms with Crippen LogP contribution in [-0.4, -0.2) is 131 Å². The number of anilines is 3. The number of likely N-dealkylation sites (tertiary alicyclic amines) is 1. The predicted octanol–water partition coefficient (Wildman–Crippen LogP) is 5.97. The van der Waals surface area contributed by atoms with Gasteiger partial charge in [-0.2, -0.15) is 4.98 Å². The average molecular weight is 1040 g/mol. The molecule has 1 saturated carbocycles. The van der Waals surface area contributed by atoms with E-state index in [9.17, 15) is 33.9 Å². The van der Waals surface area contributed by atoms with Crippen LogP contribution in [0.15, 0.2) is 77.3 Å². The van der Waals surface area contributed by atoms with Gasteiger partial charge in [-0.05, 0) is 80.5 Å². The summed E-state index contributed by atoms with van der Waals surface area (Å²) < 4.78 is 7.98. The van der Waals surface area contributed by atoms with E-state index in [1.54, 1.807) is 51.3 Å². The molecule has 75 heavy (non-hydrogen) atoms. The van der Waals surface area contributed by atoms with E-state index in [1.165, 1.54) is 23.2 Å². The van der Waals surface area contributed by atoms with E-state index in [2.05, 4.69) is 30.5 Å². The van der Waals surface area contributed by atoms with Gasteiger partial charge in [-0.3, -0.25) is 33.3 Å². The highest BCUT2D eigenvalue weighted by Crippen LogP contribution is 2.35. The first-order chi connectivity index (χ1) is 36.1. The molecule has 3 atom stereocenters. The van der Waals surface area contributed by atoms with Crippen LogP contribution in [0.25, 0.3) is 21.5 Å². The van der Waals surface area contributed by atoms with Crippen molar-refractivity contribution in [2.24, 2.45) is 5.92 Å². The van der Waals surface area contributed by atoms with Crippen molar-refractivity contribution in [3.8, 4) is 16.2 Å². The van der Waals surface area contributed by atoms with E-state index >= 15 is 0 Å². The van der Waals surface area contributed by atoms with Crippen molar-refractivity contribution in [3.05, 3.63) is 116 Å². The summed E-state index contributed by atoms with van der Waals surface area (Å²) in [6.07, 6.45) is 6.23. The van der Waals surface area contributed by atoms with Crippen molar-refractivity contribution < 1.29 is 33.8 Å². The minimum absolute atomic E-state index is 0.0220. The number of fused-ring (bicyclic) bond motifs is 2. The third-order valence-electron chi connectivity index (χ3n) is 15.0. The number of thiazole rings is 1. The monoisotopic (exact) mass is 1040 g/mol. The van der Waals surface area contributed by atoms with Crippen LogP contribution in [0.4, 0.5) is 17.5 Å². The third-order valence-corrected chi connectivity index (χ3v) is 16.0. The van der Waals surface area contributed by atoms with Gasteiger partial charge in [-0.15, -0.1) is 11.3 Å². The summed E-state index contributed by atoms with van der Waals surface area (Å²) in [5, 5.41) is 17.6. The van der Waals surface area contributed by atoms with Crippen LogP contribution < -0.4 is 25.8 Å². The lowest BCUT2D eigenvalue weighted by Crippen LogP contribution is -2.55. The van der Waals surface area contributed by atoms with E-state index in [1.807, 2.05) is 63.2 Å². The first kappa shape index (κ1) is 50.9. The van der Waals surface area contributed by atoms with Crippen LogP contribution in [0.1, 0.15) is 102 Å². The lowest BCUT2D eigenvalue weighted by molar-refractivity contribution is -0.143. The molecular weight excluding hydrogens is 975 g/mol. The first-order valence-electron chi connectivity index (χ1n) is 25.6. The number of pyridine rings is 2. The maximum absolute atomic E-state index is 14.3. The number of carbonyl (C=O) groups is 5. The number of hydrogen-bond acceptors (Lipinski definition) is 15. The Kier molecular flexibility index (Phi) is 14.5. The molecule has 0 radical (unpaired) electrons. The molecule has 3 N–H and O–H groups in total. The van der Waals surface area contributed by atoms with Gasteiger partial charge in [0.25, 0.3) is 17.4 Å². The second-order valence-corrected chi connectivity index (χ2v) is 21.1. The maximum Gasteiger partial charge on any atom is 0.263 e. The van der Waals surface area contributed by atoms with E-state index in [0.29, 0.717) is 65.5 Å². The molecule has 4 aromatic heterocycles. The fraction of sp³-hybridized carbons (Fsp3) is 0.418. The highest BCUT2D eigenvalue weighted by Gasteiger charge is 2.46. The zero-order valence-electron chi connectivity index (χ0n) is 42.7. The molecule has 1 unspecified atom stereocenters. The highest BCUT2D eigenvalue weighted by molar-refractivity contribution is 7.13. The maximum atomic E-state index is 14.3. The summed E-state index contributed by atoms with van der Waals surface area (Å²) in [6.45, 7) is 10.9. The van der Waals surface area contributed by atoms with Crippen molar-refractivity contribution in [2.75, 3.05) is 49.5 Å². The van der Waals surface area contributed by atoms with Gasteiger partial charge in [0, 0.05) is 81.0 Å². The van der Waals surface area contributed by atoms with Crippen molar-refractivity contribution in [1.82, 2.24) is 44.5 Å². The van der Waals surface area contributed by atoms with Crippen LogP contribution in [0.5, 0.6) is 5.75 Å². The number of nitrogens with zero attached hydrogens (tertiary/aromatic N) is 9. The number of ether oxygens (including phenoxy) is 1. The Labute approximate surface area is 438 Å². The van der Waals surface area contributed by atoms with Crippen LogP contribution in [0.2, 0.25) is 0 Å². The van der Waals surface area contributed by atoms with Crippen LogP contribution >= 0.6 is 11.3 Å². The number of aryl methyl sites for hydroxylation is 2. The fourth-order valence-corrected chi connectivity index (χ4v) is 11.9. The van der Waals surface area contributed by atoms with Crippen LogP contribution in [-0.2, 0) is 27.5 Å². The molecule has 2 aromatic carbocycles. The quantitative estimate of drug-likeness (QED) is 0.101. The lowest BCUT2D eigenvalue weighted by atomic mass is 10.0. The van der Waals surface area contributed by atoms with Gasteiger partial charge in [0.05, 0.1) is 39.6 Å². The number of aliphatic hydroxyl groups is 1. The van der Waals surface area contributed by atoms with Gasteiger partial charge in [0.15, 0.2) is 12.4 Å². The van der Waals surface area contributed by atoms with Crippen LogP contribution in [0.3, 0.4) is 0 Å². The Balaban J connectivity index is 0.770. The Bertz CT molecular complexity index is 3250. The lowest BCUT2D eigenvalue weighted by Gasteiger charge is -2.36. The molecule has 3 fully saturated rings. The zero-order valence-corrected chi connectivity index (χ0v) is 43.6. The molecule has 10 rings (SSSR count). The zero-order chi connectivity index (χ0) is 52.7. The molecule has 20 heteroatoms. The van der Waals surface area contributed by atoms with Gasteiger partial charge in [-0.1, -0.05) is 57.0 Å². The molecule has 0 spiro atoms. The Hall–Kier alpha value is -7.58. The molecule has 7 heterocycles. The number of Topliss-reactive ketones (excluding diaryl/α,β-unsaturated/α-hetero) is 1. The minimum Gasteiger partial charge on any atom is -0.483 e. The molecule has 19 nitrogen and oxygen atoms in total. The molecule has 390 valence electrons. The normalized spacial score (nSPS) is 18.3. The summed E-state index contributed by atoms with van der Waals surface area (Å²) in [5.74, 6) is -0.595. The number of hydrogen-bond donors (Lipinski definition) is 3. The summed E-state index contributed by atoms with van der Waals surface area (Å²) in [7, 11) is 0. The van der Waals surface area contributed by atoms with Crippen LogP contribution in [0, 0.1) is 19.8 Å². The summed E-state index contributed by atoms with van der Waals surface area (Å²) in [4.78, 5) is 108. The predicted molar refractivity (Wildman–Crippen MR) is 283 cm³/mol. The number of piperazine rings is 1. The third kappa shape index (κ3) is 10.2. The molecule has 3 aliphatic heterocycles. The molecule has 0 bridgehead atoms. The Morgan fingerprint density at radius 3 is 2.40 bits per heavy atom. The molecule has 1 aliphatic carbocycles. The number of rotatable bonds is 15. The van der Waals surface area contributed by atoms with Crippen molar-refractivity contribution >= 4 is 69.2 Å². The minimum atomic E-state index is -0.967. The number of carbonyl (C=O) groups excluding carboxylic acids is 5. The standard InChI is InChI=1S/C55H61N11O8S/c1-31(2)48(65-27-37-10-6-9-13-41(37)52(65)71)54(73)64-28-40(68)23-43(64)51(70)57-24-36-15-14-35(49-33(4)59-30-75-49)22-44(36)74-29-46(69)63-20-18-62(19-21-63)39-16-17-45(56-25-39)60-55-58-26-42-32(3)47(34(5)67)53(72)66(50(42)61-55)38-11-7-8-12-38/h6,9-10,13-17,22,25-26,30-31,38,40,43,48,68H,7-8,11-12,18-21,23-24,27-29H2,1-5H3,(H,57,70)(H,56,58,60,61)/t40-,43+,48?/m1/s1. The van der Waals surface area contributed by atoms with Gasteiger partial charge >= 0.3 is 0 Å². The first-order valence-corrected chi connectivity index (χ1v) is 26.5. The highest BCUT2D eigenvalue weighted by atomic mass is 32.1. The number of aliphatic hydroxyl groups excluding tert-OH is 1. The second-order valence-electron chi connectivity index (χ2n) is 20.3. The van der Waals surface area contributed by atoms with Gasteiger partial charge in [0.1, 0.15) is 29.3 Å². The molecular formula is C55H61N11O8S. The number of benzene rings is 2. The fourth-order valence-electron chi connectivity index (χ4n) is 11.1. The molecule has 2 saturated heterocycles. The van der Waals surface area contributed by atoms with Crippen molar-refractivity contribution in [3.63, 3.8) is 0 Å². The SMILES string of the molecule is CC(=O)c1c(C)c2cnc(Nc3ccc(N4CCN(C(=O)COc5cc(-c6scnc6C)ccc5CNC(=O)[C@@H]5C[C@@H](O)CN5C(=O)C(C(C)C)N5Cc6ccccc6C5=O)CC4)cn3)nc2n(C2CCCC2)c1=O. The van der Waals surface area contributed by atoms with Gasteiger partial charge < -0.3 is 40.1 Å². The molecule has 4 amide bonds. The van der Waals surface area contributed by atoms with Gasteiger partial charge in [-0.25, -0.2) is 15.0 Å². The summed E-state index contributed by atoms with van der Waals surface area (Å²) in [5.41, 5.74) is 7.29. The number of nitrogens with one attached hydrogen (secondary N) is 2. The van der Waals surface area contributed by atoms with E-state index in [0.717, 1.165) is 53.1 Å². The van der Waals surface area contributed by atoms with Gasteiger partial charge in [0.2, 0.25) is 17.8 Å². The summed E-state index contributed by atoms with van der Waals surface area (Å²) >= 11 is 1.48. The van der Waals surface area contributed by atoms with E-state index in [-0.39, 0.29) is 85.2 Å². The second kappa shape index (κ2) is 21.3. The number of amides is 4. The Morgan fingerprint density at radius 1 is 0.933 bits per heavy atom. The largest absolute Gasteiger partial charge is 0.483 e. The van der Waals surface area contributed by atoms with Crippen molar-refractivity contribution in [2.45, 2.75) is 104 Å². The van der Waals surface area contributed by atoms with E-state index < -0.39 is 24.1 Å². The summed E-state index contributed by atoms with van der Waals surface area (Å²) in [6, 6.07) is 14.8. The van der Waals surface area contributed by atoms with E-state index in [4.69, 9.17) is 9.72 Å². The number of ketones is 1. The molecule has 4 aliphatic rings. The molecule has 6 aromatic rings. The van der Waals surface area contributed by atoms with Crippen molar-refractivity contribution in [1.29, 1.82) is 0 Å².